The van der Waals surface area contributed by atoms with Crippen LogP contribution in [0.15, 0.2) is 0 Å². The summed E-state index contributed by atoms with van der Waals surface area (Å²) < 4.78 is 10.4. The molecule has 1 saturated heterocycles. The summed E-state index contributed by atoms with van der Waals surface area (Å²) in [6, 6.07) is 0. The van der Waals surface area contributed by atoms with Crippen LogP contribution in [0.3, 0.4) is 0 Å². The number of ether oxygens (including phenoxy) is 2. The van der Waals surface area contributed by atoms with Gasteiger partial charge in [0.25, 0.3) is 0 Å². The van der Waals surface area contributed by atoms with Crippen LogP contribution in [0.4, 0.5) is 4.79 Å². The summed E-state index contributed by atoms with van der Waals surface area (Å²) in [6.45, 7) is 7.38. The Morgan fingerprint density at radius 1 is 1.47 bits per heavy atom. The minimum atomic E-state index is -0.476. The van der Waals surface area contributed by atoms with Gasteiger partial charge in [-0.25, -0.2) is 4.79 Å². The lowest BCUT2D eigenvalue weighted by Gasteiger charge is -2.30. The summed E-state index contributed by atoms with van der Waals surface area (Å²) in [5.41, 5.74) is -0.476. The van der Waals surface area contributed by atoms with Crippen molar-refractivity contribution in [2.45, 2.75) is 32.8 Å². The molecule has 0 spiro atoms. The third kappa shape index (κ3) is 5.37. The average Bonchev–Trinajstić information content (AvgIpc) is 2.24. The molecule has 5 nitrogen and oxygen atoms in total. The molecular weight excluding hydrogens is 222 g/mol. The molecule has 2 N–H and O–H groups in total. The number of hydrogen-bond acceptors (Lipinski definition) is 4. The highest BCUT2D eigenvalue weighted by Gasteiger charge is 2.26. The number of aliphatic hydroxyl groups is 1. The highest BCUT2D eigenvalue weighted by atomic mass is 16.6. The van der Waals surface area contributed by atoms with Crippen molar-refractivity contribution in [1.29, 1.82) is 0 Å². The van der Waals surface area contributed by atoms with E-state index >= 15 is 0 Å². The Hall–Kier alpha value is -0.810. The molecule has 0 aliphatic carbocycles. The van der Waals surface area contributed by atoms with E-state index in [4.69, 9.17) is 9.47 Å². The van der Waals surface area contributed by atoms with Gasteiger partial charge in [0.05, 0.1) is 6.61 Å². The molecule has 2 atom stereocenters. The Morgan fingerprint density at radius 3 is 2.76 bits per heavy atom. The third-order valence-electron chi connectivity index (χ3n) is 2.77. The molecule has 5 heteroatoms. The van der Waals surface area contributed by atoms with E-state index in [1.54, 1.807) is 0 Å². The predicted molar refractivity (Wildman–Crippen MR) is 63.7 cm³/mol. The van der Waals surface area contributed by atoms with E-state index in [0.29, 0.717) is 19.8 Å². The SMILES string of the molecule is CC(C)(C)OC(=O)NCC1CCOCC1CO. The van der Waals surface area contributed by atoms with Gasteiger partial charge >= 0.3 is 6.09 Å². The second-order valence-electron chi connectivity index (χ2n) is 5.45. The van der Waals surface area contributed by atoms with Crippen molar-refractivity contribution in [3.63, 3.8) is 0 Å². The van der Waals surface area contributed by atoms with Crippen LogP contribution in [-0.2, 0) is 9.47 Å². The van der Waals surface area contributed by atoms with Gasteiger partial charge in [0, 0.05) is 25.7 Å². The molecule has 100 valence electrons. The summed E-state index contributed by atoms with van der Waals surface area (Å²) in [5.74, 6) is 0.375. The quantitative estimate of drug-likeness (QED) is 0.783. The van der Waals surface area contributed by atoms with Crippen molar-refractivity contribution in [3.8, 4) is 0 Å². The summed E-state index contributed by atoms with van der Waals surface area (Å²) in [7, 11) is 0. The monoisotopic (exact) mass is 245 g/mol. The van der Waals surface area contributed by atoms with Crippen molar-refractivity contribution in [2.24, 2.45) is 11.8 Å². The fourth-order valence-electron chi connectivity index (χ4n) is 1.84. The highest BCUT2D eigenvalue weighted by molar-refractivity contribution is 5.67. The molecule has 2 unspecified atom stereocenters. The lowest BCUT2D eigenvalue weighted by molar-refractivity contribution is -0.00824. The first-order valence-corrected chi connectivity index (χ1v) is 6.08. The smallest absolute Gasteiger partial charge is 0.407 e. The molecule has 0 aromatic heterocycles. The van der Waals surface area contributed by atoms with Gasteiger partial charge in [0.1, 0.15) is 5.60 Å². The van der Waals surface area contributed by atoms with E-state index < -0.39 is 11.7 Å². The summed E-state index contributed by atoms with van der Waals surface area (Å²) in [6.07, 6.45) is 0.460. The first kappa shape index (κ1) is 14.3. The lowest BCUT2D eigenvalue weighted by Crippen LogP contribution is -2.40. The van der Waals surface area contributed by atoms with E-state index in [-0.39, 0.29) is 18.4 Å². The molecule has 0 saturated carbocycles. The number of carbonyl (C=O) groups excluding carboxylic acids is 1. The zero-order valence-corrected chi connectivity index (χ0v) is 10.9. The number of amides is 1. The Balaban J connectivity index is 2.31. The molecule has 1 aliphatic rings. The van der Waals surface area contributed by atoms with E-state index in [9.17, 15) is 9.90 Å². The number of nitrogens with one attached hydrogen (secondary N) is 1. The van der Waals surface area contributed by atoms with Gasteiger partial charge in [0.2, 0.25) is 0 Å². The topological polar surface area (TPSA) is 67.8 Å². The summed E-state index contributed by atoms with van der Waals surface area (Å²) in [5, 5.41) is 11.9. The Kier molecular flexibility index (Phi) is 5.21. The minimum Gasteiger partial charge on any atom is -0.444 e. The largest absolute Gasteiger partial charge is 0.444 e. The zero-order valence-electron chi connectivity index (χ0n) is 10.9. The second-order valence-corrected chi connectivity index (χ2v) is 5.45. The molecule has 1 amide bonds. The maximum absolute atomic E-state index is 11.5. The Labute approximate surface area is 102 Å². The zero-order chi connectivity index (χ0) is 12.9. The maximum atomic E-state index is 11.5. The van der Waals surface area contributed by atoms with Crippen LogP contribution in [0.25, 0.3) is 0 Å². The van der Waals surface area contributed by atoms with Gasteiger partial charge in [-0.15, -0.1) is 0 Å². The molecule has 1 aliphatic heterocycles. The molecule has 1 rings (SSSR count). The average molecular weight is 245 g/mol. The van der Waals surface area contributed by atoms with Crippen LogP contribution in [0.1, 0.15) is 27.2 Å². The van der Waals surface area contributed by atoms with Crippen molar-refractivity contribution < 1.29 is 19.4 Å². The number of hydrogen-bond donors (Lipinski definition) is 2. The molecular formula is C12H23NO4. The lowest BCUT2D eigenvalue weighted by atomic mass is 9.89. The third-order valence-corrected chi connectivity index (χ3v) is 2.77. The molecule has 1 heterocycles. The fourth-order valence-corrected chi connectivity index (χ4v) is 1.84. The van der Waals surface area contributed by atoms with E-state index in [1.165, 1.54) is 0 Å². The Bertz CT molecular complexity index is 249. The van der Waals surface area contributed by atoms with Crippen molar-refractivity contribution in [3.05, 3.63) is 0 Å². The van der Waals surface area contributed by atoms with E-state index in [0.717, 1.165) is 6.42 Å². The van der Waals surface area contributed by atoms with Crippen LogP contribution in [0.5, 0.6) is 0 Å². The van der Waals surface area contributed by atoms with E-state index in [1.807, 2.05) is 20.8 Å². The van der Waals surface area contributed by atoms with Gasteiger partial charge in [-0.3, -0.25) is 0 Å². The molecule has 1 fully saturated rings. The number of aliphatic hydroxyl groups excluding tert-OH is 1. The predicted octanol–water partition coefficient (Wildman–Crippen LogP) is 1.16. The number of alkyl carbamates (subject to hydrolysis) is 1. The van der Waals surface area contributed by atoms with Gasteiger partial charge < -0.3 is 19.9 Å². The first-order valence-electron chi connectivity index (χ1n) is 6.08. The van der Waals surface area contributed by atoms with Gasteiger partial charge in [0.15, 0.2) is 0 Å². The number of rotatable bonds is 3. The van der Waals surface area contributed by atoms with Gasteiger partial charge in [-0.1, -0.05) is 0 Å². The maximum Gasteiger partial charge on any atom is 0.407 e. The van der Waals surface area contributed by atoms with Crippen molar-refractivity contribution in [1.82, 2.24) is 5.32 Å². The van der Waals surface area contributed by atoms with Crippen LogP contribution in [0.2, 0.25) is 0 Å². The van der Waals surface area contributed by atoms with Crippen LogP contribution in [-0.4, -0.2) is 43.2 Å². The summed E-state index contributed by atoms with van der Waals surface area (Å²) >= 11 is 0. The molecule has 17 heavy (non-hydrogen) atoms. The van der Waals surface area contributed by atoms with E-state index in [2.05, 4.69) is 5.32 Å². The first-order chi connectivity index (χ1) is 7.92. The van der Waals surface area contributed by atoms with Crippen molar-refractivity contribution in [2.75, 3.05) is 26.4 Å². The number of carbonyl (C=O) groups is 1. The normalized spacial score (nSPS) is 25.4. The standard InChI is InChI=1S/C12H23NO4/c1-12(2,3)17-11(15)13-6-9-4-5-16-8-10(9)7-14/h9-10,14H,4-8H2,1-3H3,(H,13,15). The highest BCUT2D eigenvalue weighted by Crippen LogP contribution is 2.20. The molecule has 0 radical (unpaired) electrons. The van der Waals surface area contributed by atoms with Crippen LogP contribution >= 0.6 is 0 Å². The van der Waals surface area contributed by atoms with Crippen molar-refractivity contribution >= 4 is 6.09 Å². The Morgan fingerprint density at radius 2 is 2.18 bits per heavy atom. The molecule has 0 bridgehead atoms. The van der Waals surface area contributed by atoms with Gasteiger partial charge in [-0.2, -0.15) is 0 Å². The van der Waals surface area contributed by atoms with Crippen LogP contribution < -0.4 is 5.32 Å². The molecule has 0 aromatic carbocycles. The second kappa shape index (κ2) is 6.21. The molecule has 0 aromatic rings. The van der Waals surface area contributed by atoms with Crippen LogP contribution in [0, 0.1) is 11.8 Å². The van der Waals surface area contributed by atoms with Gasteiger partial charge in [-0.05, 0) is 33.1 Å². The fraction of sp³-hybridized carbons (Fsp3) is 0.917. The summed E-state index contributed by atoms with van der Waals surface area (Å²) in [4.78, 5) is 11.5. The minimum absolute atomic E-state index is 0.0979.